The highest BCUT2D eigenvalue weighted by Crippen LogP contribution is 2.39. The van der Waals surface area contributed by atoms with E-state index in [-0.39, 0.29) is 23.5 Å². The monoisotopic (exact) mass is 501 g/mol. The van der Waals surface area contributed by atoms with Crippen molar-refractivity contribution in [1.82, 2.24) is 9.47 Å². The largest absolute Gasteiger partial charge is 0.318 e. The molecule has 0 atom stereocenters. The Balaban J connectivity index is 1.55. The van der Waals surface area contributed by atoms with Crippen LogP contribution < -0.4 is 0 Å². The smallest absolute Gasteiger partial charge is 0.267 e. The zero-order valence-corrected chi connectivity index (χ0v) is 22.2. The van der Waals surface area contributed by atoms with Crippen molar-refractivity contribution in [3.8, 4) is 5.69 Å². The molecule has 2 aliphatic rings. The first-order valence-corrected chi connectivity index (χ1v) is 13.5. The number of para-hydroxylation sites is 1. The summed E-state index contributed by atoms with van der Waals surface area (Å²) in [7, 11) is 0. The van der Waals surface area contributed by atoms with Crippen molar-refractivity contribution in [3.63, 3.8) is 0 Å². The Labute approximate surface area is 216 Å². The number of hydrogen-bond donors (Lipinski definition) is 0. The van der Waals surface area contributed by atoms with Gasteiger partial charge >= 0.3 is 0 Å². The molecule has 36 heavy (non-hydrogen) atoms. The second kappa shape index (κ2) is 10.1. The number of benzene rings is 2. The Kier molecular flexibility index (Phi) is 6.89. The van der Waals surface area contributed by atoms with Gasteiger partial charge in [-0.2, -0.15) is 0 Å². The zero-order chi connectivity index (χ0) is 25.4. The highest BCUT2D eigenvalue weighted by Gasteiger charge is 2.39. The molecule has 2 aromatic carbocycles. The lowest BCUT2D eigenvalue weighted by Crippen LogP contribution is -2.40. The van der Waals surface area contributed by atoms with Crippen LogP contribution in [0.2, 0.25) is 0 Å². The summed E-state index contributed by atoms with van der Waals surface area (Å²) in [6.45, 7) is 8.46. The van der Waals surface area contributed by atoms with Gasteiger partial charge in [0, 0.05) is 23.1 Å². The number of hydrogen-bond acceptors (Lipinski definition) is 3. The summed E-state index contributed by atoms with van der Waals surface area (Å²) in [6, 6.07) is 15.1. The molecule has 1 saturated carbocycles. The van der Waals surface area contributed by atoms with Gasteiger partial charge in [0.2, 0.25) is 0 Å². The Hall–Kier alpha value is -3.12. The number of aromatic nitrogens is 1. The van der Waals surface area contributed by atoms with E-state index in [1.54, 1.807) is 18.2 Å². The van der Waals surface area contributed by atoms with Crippen LogP contribution in [0.5, 0.6) is 0 Å². The normalized spacial score (nSPS) is 19.1. The molecule has 2 heterocycles. The van der Waals surface area contributed by atoms with E-state index in [1.807, 2.05) is 11.0 Å². The summed E-state index contributed by atoms with van der Waals surface area (Å²) >= 11 is 1.36. The maximum atomic E-state index is 14.4. The van der Waals surface area contributed by atoms with Crippen LogP contribution in [0.1, 0.15) is 60.2 Å². The Morgan fingerprint density at radius 2 is 1.75 bits per heavy atom. The maximum absolute atomic E-state index is 14.4. The minimum Gasteiger partial charge on any atom is -0.318 e. The van der Waals surface area contributed by atoms with Crippen LogP contribution >= 0.6 is 11.8 Å². The fraction of sp³-hybridized carbons (Fsp3) is 0.333. The third-order valence-corrected chi connectivity index (χ3v) is 8.40. The average molecular weight is 502 g/mol. The summed E-state index contributed by atoms with van der Waals surface area (Å²) < 4.78 is 16.7. The maximum Gasteiger partial charge on any atom is 0.267 e. The SMILES string of the molecule is Cc1cccc(-n2c(C)cc(/C=C3\SC(=Nc4ccccc4F)N(C4CCCCC4)C3=O)c2C)c1C. The zero-order valence-electron chi connectivity index (χ0n) is 21.3. The first-order valence-electron chi connectivity index (χ1n) is 12.7. The lowest BCUT2D eigenvalue weighted by atomic mass is 9.94. The summed E-state index contributed by atoms with van der Waals surface area (Å²) in [5.74, 6) is -0.408. The van der Waals surface area contributed by atoms with Crippen LogP contribution in [0.3, 0.4) is 0 Å². The first kappa shape index (κ1) is 24.6. The van der Waals surface area contributed by atoms with Crippen molar-refractivity contribution < 1.29 is 9.18 Å². The standard InChI is InChI=1S/C30H32FN3OS/c1-19-11-10-16-27(21(19)3)33-20(2)17-23(22(33)4)18-28-29(35)34(24-12-6-5-7-13-24)30(36-28)32-26-15-9-8-14-25(26)31/h8-11,14-18,24H,5-7,12-13H2,1-4H3/b28-18-,32-30?. The second-order valence-electron chi connectivity index (χ2n) is 9.80. The van der Waals surface area contributed by atoms with E-state index in [9.17, 15) is 9.18 Å². The Bertz CT molecular complexity index is 1380. The molecule has 5 rings (SSSR count). The molecule has 0 spiro atoms. The first-order chi connectivity index (χ1) is 17.3. The van der Waals surface area contributed by atoms with Crippen molar-refractivity contribution >= 4 is 34.6 Å². The van der Waals surface area contributed by atoms with Crippen molar-refractivity contribution in [2.24, 2.45) is 4.99 Å². The van der Waals surface area contributed by atoms with E-state index >= 15 is 0 Å². The van der Waals surface area contributed by atoms with Gasteiger partial charge in [-0.05, 0) is 99.3 Å². The number of aryl methyl sites for hydroxylation is 2. The Morgan fingerprint density at radius 3 is 2.50 bits per heavy atom. The predicted octanol–water partition coefficient (Wildman–Crippen LogP) is 7.79. The van der Waals surface area contributed by atoms with Crippen LogP contribution in [0.4, 0.5) is 10.1 Å². The second-order valence-corrected chi connectivity index (χ2v) is 10.8. The predicted molar refractivity (Wildman–Crippen MR) is 147 cm³/mol. The number of halogens is 1. The highest BCUT2D eigenvalue weighted by molar-refractivity contribution is 8.18. The molecule has 0 radical (unpaired) electrons. The van der Waals surface area contributed by atoms with Crippen LogP contribution in [0.15, 0.2) is 58.4 Å². The number of carbonyl (C=O) groups is 1. The molecule has 4 nitrogen and oxygen atoms in total. The number of amidine groups is 1. The van der Waals surface area contributed by atoms with Gasteiger partial charge in [0.15, 0.2) is 5.17 Å². The molecule has 3 aromatic rings. The van der Waals surface area contributed by atoms with Crippen molar-refractivity contribution in [2.75, 3.05) is 0 Å². The van der Waals surface area contributed by atoms with E-state index < -0.39 is 0 Å². The van der Waals surface area contributed by atoms with Gasteiger partial charge < -0.3 is 4.57 Å². The lowest BCUT2D eigenvalue weighted by Gasteiger charge is -2.30. The summed E-state index contributed by atoms with van der Waals surface area (Å²) in [6.07, 6.45) is 7.29. The number of carbonyl (C=O) groups excluding carboxylic acids is 1. The van der Waals surface area contributed by atoms with Crippen molar-refractivity contribution in [2.45, 2.75) is 65.8 Å². The Morgan fingerprint density at radius 1 is 1.00 bits per heavy atom. The van der Waals surface area contributed by atoms with E-state index in [4.69, 9.17) is 0 Å². The molecule has 2 fully saturated rings. The van der Waals surface area contributed by atoms with Gasteiger partial charge in [-0.3, -0.25) is 9.69 Å². The minimum atomic E-state index is -0.379. The number of rotatable bonds is 4. The third-order valence-electron chi connectivity index (χ3n) is 7.42. The molecule has 6 heteroatoms. The molecule has 1 aliphatic carbocycles. The molecule has 1 saturated heterocycles. The van der Waals surface area contributed by atoms with E-state index in [1.165, 1.54) is 35.4 Å². The summed E-state index contributed by atoms with van der Waals surface area (Å²) in [5, 5.41) is 0.576. The van der Waals surface area contributed by atoms with Gasteiger partial charge in [-0.1, -0.05) is 43.5 Å². The van der Waals surface area contributed by atoms with Crippen LogP contribution in [-0.4, -0.2) is 26.6 Å². The molecule has 186 valence electrons. The van der Waals surface area contributed by atoms with E-state index in [0.29, 0.717) is 10.1 Å². The van der Waals surface area contributed by atoms with Gasteiger partial charge in [0.25, 0.3) is 5.91 Å². The molecule has 0 bridgehead atoms. The summed E-state index contributed by atoms with van der Waals surface area (Å²) in [4.78, 5) is 20.8. The molecular formula is C30H32FN3OS. The highest BCUT2D eigenvalue weighted by atomic mass is 32.2. The van der Waals surface area contributed by atoms with Crippen LogP contribution in [0.25, 0.3) is 11.8 Å². The van der Waals surface area contributed by atoms with E-state index in [0.717, 1.165) is 48.3 Å². The fourth-order valence-electron chi connectivity index (χ4n) is 5.29. The van der Waals surface area contributed by atoms with Crippen molar-refractivity contribution in [3.05, 3.63) is 87.3 Å². The number of thioether (sulfide) groups is 1. The van der Waals surface area contributed by atoms with Gasteiger partial charge in [-0.25, -0.2) is 9.38 Å². The lowest BCUT2D eigenvalue weighted by molar-refractivity contribution is -0.124. The number of nitrogens with zero attached hydrogens (tertiary/aromatic N) is 3. The fourth-order valence-corrected chi connectivity index (χ4v) is 6.34. The topological polar surface area (TPSA) is 37.6 Å². The van der Waals surface area contributed by atoms with E-state index in [2.05, 4.69) is 61.5 Å². The molecule has 1 amide bonds. The molecule has 0 unspecified atom stereocenters. The molecule has 0 N–H and O–H groups in total. The van der Waals surface area contributed by atoms with Crippen LogP contribution in [-0.2, 0) is 4.79 Å². The molecule has 1 aliphatic heterocycles. The quantitative estimate of drug-likeness (QED) is 0.342. The average Bonchev–Trinajstić information content (AvgIpc) is 3.32. The third kappa shape index (κ3) is 4.55. The summed E-state index contributed by atoms with van der Waals surface area (Å²) in [5.41, 5.74) is 7.14. The van der Waals surface area contributed by atoms with Gasteiger partial charge in [0.05, 0.1) is 4.91 Å². The van der Waals surface area contributed by atoms with Crippen molar-refractivity contribution in [1.29, 1.82) is 0 Å². The van der Waals surface area contributed by atoms with Crippen LogP contribution in [0, 0.1) is 33.5 Å². The molecular weight excluding hydrogens is 469 g/mol. The number of amides is 1. The molecule has 1 aromatic heterocycles. The number of aliphatic imine (C=N–C) groups is 1. The van der Waals surface area contributed by atoms with Gasteiger partial charge in [0.1, 0.15) is 11.5 Å². The minimum absolute atomic E-state index is 0.0291. The van der Waals surface area contributed by atoms with Gasteiger partial charge in [-0.15, -0.1) is 0 Å².